The highest BCUT2D eigenvalue weighted by molar-refractivity contribution is 6.33. The van der Waals surface area contributed by atoms with E-state index in [0.717, 1.165) is 5.56 Å². The summed E-state index contributed by atoms with van der Waals surface area (Å²) in [4.78, 5) is 0. The Morgan fingerprint density at radius 3 is 2.85 bits per heavy atom. The summed E-state index contributed by atoms with van der Waals surface area (Å²) in [5.74, 6) is 5.66. The van der Waals surface area contributed by atoms with Gasteiger partial charge in [-0.05, 0) is 18.2 Å². The number of nitrogen functional groups attached to an aromatic ring is 1. The van der Waals surface area contributed by atoms with E-state index in [4.69, 9.17) is 22.4 Å². The molecule has 0 unspecified atom stereocenters. The van der Waals surface area contributed by atoms with E-state index in [0.29, 0.717) is 17.1 Å². The fourth-order valence-electron chi connectivity index (χ4n) is 0.842. The van der Waals surface area contributed by atoms with Gasteiger partial charge in [-0.2, -0.15) is 0 Å². The second kappa shape index (κ2) is 4.76. The number of anilines is 1. The molecule has 1 rings (SSSR count). The molecular formula is C10H10ClNO. The third-order valence-corrected chi connectivity index (χ3v) is 1.81. The minimum Gasteiger partial charge on any atom is -0.397 e. The molecule has 0 saturated heterocycles. The summed E-state index contributed by atoms with van der Waals surface area (Å²) in [6.45, 7) is 0.0794. The standard InChI is InChI=1S/C10H10ClNO/c11-9-5-4-8(7-10(9)12)3-1-2-6-13/h4-5,7,13H,2,6,12H2. The van der Waals surface area contributed by atoms with Crippen LogP contribution in [0.5, 0.6) is 0 Å². The highest BCUT2D eigenvalue weighted by Crippen LogP contribution is 2.18. The second-order valence-electron chi connectivity index (χ2n) is 2.51. The summed E-state index contributed by atoms with van der Waals surface area (Å²) in [7, 11) is 0. The van der Waals surface area contributed by atoms with Crippen LogP contribution in [-0.4, -0.2) is 11.7 Å². The SMILES string of the molecule is Nc1cc(C#CCCO)ccc1Cl. The lowest BCUT2D eigenvalue weighted by Crippen LogP contribution is -1.87. The van der Waals surface area contributed by atoms with Crippen molar-refractivity contribution >= 4 is 17.3 Å². The van der Waals surface area contributed by atoms with Gasteiger partial charge in [-0.3, -0.25) is 0 Å². The Morgan fingerprint density at radius 2 is 2.23 bits per heavy atom. The van der Waals surface area contributed by atoms with Gasteiger partial charge in [0, 0.05) is 12.0 Å². The van der Waals surface area contributed by atoms with Crippen LogP contribution in [0.4, 0.5) is 5.69 Å². The molecule has 0 fully saturated rings. The topological polar surface area (TPSA) is 46.2 Å². The first kappa shape index (κ1) is 9.91. The van der Waals surface area contributed by atoms with E-state index >= 15 is 0 Å². The molecule has 0 amide bonds. The number of aliphatic hydroxyl groups is 1. The first-order chi connectivity index (χ1) is 6.24. The number of hydrogen-bond acceptors (Lipinski definition) is 2. The van der Waals surface area contributed by atoms with Crippen LogP contribution >= 0.6 is 11.6 Å². The molecule has 0 radical (unpaired) electrons. The second-order valence-corrected chi connectivity index (χ2v) is 2.92. The van der Waals surface area contributed by atoms with Crippen LogP contribution in [0.2, 0.25) is 5.02 Å². The van der Waals surface area contributed by atoms with E-state index in [1.165, 1.54) is 0 Å². The summed E-state index contributed by atoms with van der Waals surface area (Å²) >= 11 is 5.73. The molecule has 2 nitrogen and oxygen atoms in total. The highest BCUT2D eigenvalue weighted by atomic mass is 35.5. The number of hydrogen-bond donors (Lipinski definition) is 2. The Hall–Kier alpha value is -1.17. The molecule has 0 spiro atoms. The smallest absolute Gasteiger partial charge is 0.0636 e. The normalized spacial score (nSPS) is 9.08. The predicted octanol–water partition coefficient (Wildman–Crippen LogP) is 1.66. The minimum absolute atomic E-state index is 0.0794. The maximum absolute atomic E-state index is 8.49. The van der Waals surface area contributed by atoms with Crippen LogP contribution in [0.25, 0.3) is 0 Å². The van der Waals surface area contributed by atoms with Crippen LogP contribution in [0.3, 0.4) is 0 Å². The molecule has 0 saturated carbocycles. The summed E-state index contributed by atoms with van der Waals surface area (Å²) in [6, 6.07) is 5.22. The van der Waals surface area contributed by atoms with Crippen molar-refractivity contribution < 1.29 is 5.11 Å². The van der Waals surface area contributed by atoms with Crippen molar-refractivity contribution in [3.05, 3.63) is 28.8 Å². The zero-order valence-electron chi connectivity index (χ0n) is 7.05. The van der Waals surface area contributed by atoms with Gasteiger partial charge in [0.15, 0.2) is 0 Å². The van der Waals surface area contributed by atoms with E-state index in [1.54, 1.807) is 18.2 Å². The Balaban J connectivity index is 2.81. The molecule has 13 heavy (non-hydrogen) atoms. The minimum atomic E-state index is 0.0794. The van der Waals surface area contributed by atoms with Crippen LogP contribution in [0, 0.1) is 11.8 Å². The van der Waals surface area contributed by atoms with Gasteiger partial charge in [0.25, 0.3) is 0 Å². The van der Waals surface area contributed by atoms with Crippen molar-refractivity contribution in [3.63, 3.8) is 0 Å². The lowest BCUT2D eigenvalue weighted by Gasteiger charge is -1.96. The van der Waals surface area contributed by atoms with E-state index < -0.39 is 0 Å². The van der Waals surface area contributed by atoms with Crippen molar-refractivity contribution in [3.8, 4) is 11.8 Å². The van der Waals surface area contributed by atoms with Gasteiger partial charge >= 0.3 is 0 Å². The average Bonchev–Trinajstić information content (AvgIpc) is 2.12. The van der Waals surface area contributed by atoms with E-state index in [-0.39, 0.29) is 6.61 Å². The van der Waals surface area contributed by atoms with Gasteiger partial charge in [0.1, 0.15) is 0 Å². The Kier molecular flexibility index (Phi) is 3.63. The van der Waals surface area contributed by atoms with Gasteiger partial charge in [-0.15, -0.1) is 0 Å². The number of benzene rings is 1. The Labute approximate surface area is 82.3 Å². The summed E-state index contributed by atoms with van der Waals surface area (Å²) < 4.78 is 0. The highest BCUT2D eigenvalue weighted by Gasteiger charge is 1.94. The molecule has 1 aromatic carbocycles. The first-order valence-electron chi connectivity index (χ1n) is 3.89. The van der Waals surface area contributed by atoms with Crippen molar-refractivity contribution in [2.75, 3.05) is 12.3 Å². The third-order valence-electron chi connectivity index (χ3n) is 1.47. The molecule has 0 heterocycles. The number of rotatable bonds is 1. The quantitative estimate of drug-likeness (QED) is 0.529. The van der Waals surface area contributed by atoms with Gasteiger partial charge in [-0.1, -0.05) is 23.4 Å². The lowest BCUT2D eigenvalue weighted by molar-refractivity contribution is 0.305. The zero-order chi connectivity index (χ0) is 9.68. The predicted molar refractivity (Wildman–Crippen MR) is 54.4 cm³/mol. The van der Waals surface area contributed by atoms with Crippen LogP contribution in [0.15, 0.2) is 18.2 Å². The molecule has 0 aliphatic rings. The number of halogens is 1. The fraction of sp³-hybridized carbons (Fsp3) is 0.200. The average molecular weight is 196 g/mol. The third kappa shape index (κ3) is 2.98. The lowest BCUT2D eigenvalue weighted by atomic mass is 10.2. The Morgan fingerprint density at radius 1 is 1.46 bits per heavy atom. The van der Waals surface area contributed by atoms with Gasteiger partial charge in [0.05, 0.1) is 17.3 Å². The molecule has 3 N–H and O–H groups in total. The summed E-state index contributed by atoms with van der Waals surface area (Å²) in [5.41, 5.74) is 6.92. The number of aliphatic hydroxyl groups excluding tert-OH is 1. The van der Waals surface area contributed by atoms with Crippen molar-refractivity contribution in [1.82, 2.24) is 0 Å². The summed E-state index contributed by atoms with van der Waals surface area (Å²) in [5, 5.41) is 9.03. The van der Waals surface area contributed by atoms with Crippen molar-refractivity contribution in [2.24, 2.45) is 0 Å². The van der Waals surface area contributed by atoms with Gasteiger partial charge < -0.3 is 10.8 Å². The van der Waals surface area contributed by atoms with Crippen LogP contribution < -0.4 is 5.73 Å². The molecule has 0 aliphatic carbocycles. The molecular weight excluding hydrogens is 186 g/mol. The molecule has 1 aromatic rings. The molecule has 68 valence electrons. The maximum atomic E-state index is 8.49. The summed E-state index contributed by atoms with van der Waals surface area (Å²) in [6.07, 6.45) is 0.475. The zero-order valence-corrected chi connectivity index (χ0v) is 7.80. The van der Waals surface area contributed by atoms with Crippen LogP contribution in [-0.2, 0) is 0 Å². The van der Waals surface area contributed by atoms with Crippen LogP contribution in [0.1, 0.15) is 12.0 Å². The van der Waals surface area contributed by atoms with Gasteiger partial charge in [0.2, 0.25) is 0 Å². The molecule has 0 bridgehead atoms. The van der Waals surface area contributed by atoms with E-state index in [2.05, 4.69) is 11.8 Å². The van der Waals surface area contributed by atoms with Crippen molar-refractivity contribution in [2.45, 2.75) is 6.42 Å². The van der Waals surface area contributed by atoms with E-state index in [1.807, 2.05) is 0 Å². The largest absolute Gasteiger partial charge is 0.397 e. The Bertz CT molecular complexity index is 352. The monoisotopic (exact) mass is 195 g/mol. The van der Waals surface area contributed by atoms with Crippen molar-refractivity contribution in [1.29, 1.82) is 0 Å². The first-order valence-corrected chi connectivity index (χ1v) is 4.26. The molecule has 0 aliphatic heterocycles. The molecule has 0 aromatic heterocycles. The van der Waals surface area contributed by atoms with E-state index in [9.17, 15) is 0 Å². The van der Waals surface area contributed by atoms with Gasteiger partial charge in [-0.25, -0.2) is 0 Å². The fourth-order valence-corrected chi connectivity index (χ4v) is 0.960. The maximum Gasteiger partial charge on any atom is 0.0636 e. The molecule has 3 heteroatoms. The number of nitrogens with two attached hydrogens (primary N) is 1. The molecule has 0 atom stereocenters.